The molecule has 3 aromatic rings. The van der Waals surface area contributed by atoms with E-state index in [2.05, 4.69) is 15.0 Å². The van der Waals surface area contributed by atoms with Gasteiger partial charge in [0.25, 0.3) is 15.9 Å². The second kappa shape index (κ2) is 7.37. The first-order chi connectivity index (χ1) is 12.4. The van der Waals surface area contributed by atoms with Crippen LogP contribution in [0.1, 0.15) is 16.1 Å². The fourth-order valence-electron chi connectivity index (χ4n) is 2.28. The molecule has 3 rings (SSSR count). The molecule has 0 saturated heterocycles. The molecule has 0 bridgehead atoms. The van der Waals surface area contributed by atoms with Crippen LogP contribution < -0.4 is 10.0 Å². The summed E-state index contributed by atoms with van der Waals surface area (Å²) < 4.78 is 27.3. The van der Waals surface area contributed by atoms with E-state index in [-0.39, 0.29) is 10.8 Å². The second-order valence-corrected chi connectivity index (χ2v) is 7.32. The minimum atomic E-state index is -3.69. The van der Waals surface area contributed by atoms with Gasteiger partial charge in [0.1, 0.15) is 0 Å². The van der Waals surface area contributed by atoms with E-state index in [0.717, 1.165) is 5.69 Å². The number of aromatic nitrogens is 1. The van der Waals surface area contributed by atoms with E-state index < -0.39 is 10.0 Å². The molecule has 132 valence electrons. The highest BCUT2D eigenvalue weighted by Crippen LogP contribution is 2.20. The molecule has 2 N–H and O–H groups in total. The first kappa shape index (κ1) is 17.6. The van der Waals surface area contributed by atoms with Gasteiger partial charge in [-0.25, -0.2) is 8.42 Å². The highest BCUT2D eigenvalue weighted by molar-refractivity contribution is 7.92. The summed E-state index contributed by atoms with van der Waals surface area (Å²) in [5.41, 5.74) is 2.07. The fraction of sp³-hybridized carbons (Fsp3) is 0.0526. The Kier molecular flexibility index (Phi) is 4.99. The molecule has 1 aromatic heterocycles. The summed E-state index contributed by atoms with van der Waals surface area (Å²) in [5.74, 6) is -0.319. The lowest BCUT2D eigenvalue weighted by atomic mass is 10.2. The van der Waals surface area contributed by atoms with Crippen molar-refractivity contribution in [3.05, 3.63) is 84.2 Å². The molecule has 6 nitrogen and oxygen atoms in total. The van der Waals surface area contributed by atoms with Crippen molar-refractivity contribution in [3.8, 4) is 0 Å². The summed E-state index contributed by atoms with van der Waals surface area (Å²) in [6.07, 6.45) is 1.49. The second-order valence-electron chi connectivity index (χ2n) is 5.64. The molecule has 2 aromatic carbocycles. The number of hydrogen-bond acceptors (Lipinski definition) is 4. The number of benzene rings is 2. The van der Waals surface area contributed by atoms with Gasteiger partial charge in [-0.05, 0) is 49.4 Å². The number of nitrogens with one attached hydrogen (secondary N) is 2. The van der Waals surface area contributed by atoms with Crippen molar-refractivity contribution < 1.29 is 13.2 Å². The van der Waals surface area contributed by atoms with Crippen LogP contribution in [0, 0.1) is 6.92 Å². The molecule has 7 heteroatoms. The Labute approximate surface area is 152 Å². The van der Waals surface area contributed by atoms with Crippen LogP contribution in [0.15, 0.2) is 77.8 Å². The van der Waals surface area contributed by atoms with Crippen molar-refractivity contribution in [2.75, 3.05) is 10.0 Å². The molecule has 0 aliphatic rings. The topological polar surface area (TPSA) is 88.2 Å². The number of amides is 1. The van der Waals surface area contributed by atoms with Gasteiger partial charge in [0.15, 0.2) is 0 Å². The maximum atomic E-state index is 12.4. The largest absolute Gasteiger partial charge is 0.322 e. The Morgan fingerprint density at radius 3 is 2.35 bits per heavy atom. The first-order valence-corrected chi connectivity index (χ1v) is 9.34. The SMILES string of the molecule is Cc1ccc(C(=O)Nc2cccc(NS(=O)(=O)c3ccccc3)c2)cn1. The third-order valence-corrected chi connectivity index (χ3v) is 5.00. The lowest BCUT2D eigenvalue weighted by Gasteiger charge is -2.10. The lowest BCUT2D eigenvalue weighted by Crippen LogP contribution is -2.14. The highest BCUT2D eigenvalue weighted by atomic mass is 32.2. The zero-order valence-electron chi connectivity index (χ0n) is 14.0. The number of nitrogens with zero attached hydrogens (tertiary/aromatic N) is 1. The van der Waals surface area contributed by atoms with Crippen LogP contribution in [-0.4, -0.2) is 19.3 Å². The van der Waals surface area contributed by atoms with Crippen LogP contribution in [0.25, 0.3) is 0 Å². The summed E-state index contributed by atoms with van der Waals surface area (Å²) >= 11 is 0. The van der Waals surface area contributed by atoms with Gasteiger partial charge >= 0.3 is 0 Å². The molecule has 1 amide bonds. The van der Waals surface area contributed by atoms with Gasteiger partial charge in [-0.2, -0.15) is 0 Å². The number of pyridine rings is 1. The highest BCUT2D eigenvalue weighted by Gasteiger charge is 2.14. The van der Waals surface area contributed by atoms with E-state index in [1.807, 2.05) is 6.92 Å². The van der Waals surface area contributed by atoms with Crippen molar-refractivity contribution in [2.45, 2.75) is 11.8 Å². The van der Waals surface area contributed by atoms with Gasteiger partial charge in [-0.1, -0.05) is 24.3 Å². The summed E-state index contributed by atoms with van der Waals surface area (Å²) in [6, 6.07) is 18.0. The van der Waals surface area contributed by atoms with Gasteiger partial charge in [0, 0.05) is 17.6 Å². The Bertz CT molecular complexity index is 1020. The minimum absolute atomic E-state index is 0.167. The van der Waals surface area contributed by atoms with Crippen LogP contribution in [0.4, 0.5) is 11.4 Å². The van der Waals surface area contributed by atoms with Gasteiger partial charge in [0.2, 0.25) is 0 Å². The van der Waals surface area contributed by atoms with Crippen LogP contribution in [0.5, 0.6) is 0 Å². The summed E-state index contributed by atoms with van der Waals surface area (Å²) in [7, 11) is -3.69. The Balaban J connectivity index is 1.76. The molecule has 0 atom stereocenters. The number of sulfonamides is 1. The van der Waals surface area contributed by atoms with Crippen LogP contribution in [0.2, 0.25) is 0 Å². The zero-order chi connectivity index (χ0) is 18.6. The molecule has 0 spiro atoms. The average Bonchev–Trinajstić information content (AvgIpc) is 2.63. The molecule has 0 aliphatic carbocycles. The van der Waals surface area contributed by atoms with E-state index in [0.29, 0.717) is 16.9 Å². The van der Waals surface area contributed by atoms with Gasteiger partial charge < -0.3 is 5.32 Å². The van der Waals surface area contributed by atoms with E-state index in [4.69, 9.17) is 0 Å². The molecule has 26 heavy (non-hydrogen) atoms. The number of carbonyl (C=O) groups excluding carboxylic acids is 1. The predicted molar refractivity (Wildman–Crippen MR) is 101 cm³/mol. The molecular weight excluding hydrogens is 350 g/mol. The molecule has 0 radical (unpaired) electrons. The van der Waals surface area contributed by atoms with E-state index in [9.17, 15) is 13.2 Å². The van der Waals surface area contributed by atoms with Crippen LogP contribution in [0.3, 0.4) is 0 Å². The summed E-state index contributed by atoms with van der Waals surface area (Å²) in [4.78, 5) is 16.5. The Morgan fingerprint density at radius 1 is 0.923 bits per heavy atom. The molecule has 0 fully saturated rings. The van der Waals surface area contributed by atoms with Crippen molar-refractivity contribution in [3.63, 3.8) is 0 Å². The summed E-state index contributed by atoms with van der Waals surface area (Å²) in [5, 5.41) is 2.73. The zero-order valence-corrected chi connectivity index (χ0v) is 14.8. The van der Waals surface area contributed by atoms with E-state index in [1.165, 1.54) is 18.3 Å². The minimum Gasteiger partial charge on any atom is -0.322 e. The molecule has 1 heterocycles. The normalized spacial score (nSPS) is 11.0. The Hall–Kier alpha value is -3.19. The van der Waals surface area contributed by atoms with Gasteiger partial charge in [0.05, 0.1) is 16.1 Å². The third-order valence-electron chi connectivity index (χ3n) is 3.60. The standard InChI is InChI=1S/C19H17N3O3S/c1-14-10-11-15(13-20-14)19(23)21-16-6-5-7-17(12-16)22-26(24,25)18-8-3-2-4-9-18/h2-13,22H,1H3,(H,21,23). The van der Waals surface area contributed by atoms with Gasteiger partial charge in [-0.15, -0.1) is 0 Å². The number of rotatable bonds is 5. The number of hydrogen-bond donors (Lipinski definition) is 2. The molecular formula is C19H17N3O3S. The predicted octanol–water partition coefficient (Wildman–Crippen LogP) is 3.44. The lowest BCUT2D eigenvalue weighted by molar-refractivity contribution is 0.102. The number of aryl methyl sites for hydroxylation is 1. The van der Waals surface area contributed by atoms with E-state index in [1.54, 1.807) is 54.6 Å². The summed E-state index contributed by atoms with van der Waals surface area (Å²) in [6.45, 7) is 1.84. The van der Waals surface area contributed by atoms with Gasteiger partial charge in [-0.3, -0.25) is 14.5 Å². The van der Waals surface area contributed by atoms with Crippen molar-refractivity contribution in [1.29, 1.82) is 0 Å². The van der Waals surface area contributed by atoms with Crippen molar-refractivity contribution in [1.82, 2.24) is 4.98 Å². The first-order valence-electron chi connectivity index (χ1n) is 7.86. The monoisotopic (exact) mass is 367 g/mol. The Morgan fingerprint density at radius 2 is 1.65 bits per heavy atom. The average molecular weight is 367 g/mol. The van der Waals surface area contributed by atoms with E-state index >= 15 is 0 Å². The number of anilines is 2. The molecule has 0 unspecified atom stereocenters. The fourth-order valence-corrected chi connectivity index (χ4v) is 3.35. The molecule has 0 aliphatic heterocycles. The smallest absolute Gasteiger partial charge is 0.261 e. The van der Waals surface area contributed by atoms with Crippen LogP contribution in [-0.2, 0) is 10.0 Å². The van der Waals surface area contributed by atoms with Crippen molar-refractivity contribution in [2.24, 2.45) is 0 Å². The maximum Gasteiger partial charge on any atom is 0.261 e. The third kappa shape index (κ3) is 4.25. The number of carbonyl (C=O) groups is 1. The quantitative estimate of drug-likeness (QED) is 0.723. The molecule has 0 saturated carbocycles. The maximum absolute atomic E-state index is 12.4. The van der Waals surface area contributed by atoms with Crippen LogP contribution >= 0.6 is 0 Å². The van der Waals surface area contributed by atoms with Crippen molar-refractivity contribution >= 4 is 27.3 Å².